The van der Waals surface area contributed by atoms with Crippen LogP contribution < -0.4 is 16.2 Å². The molecule has 0 aliphatic heterocycles. The maximum Gasteiger partial charge on any atom is 0.274 e. The lowest BCUT2D eigenvalue weighted by molar-refractivity contribution is 0.103. The van der Waals surface area contributed by atoms with Crippen molar-refractivity contribution in [2.24, 2.45) is 7.05 Å². The van der Waals surface area contributed by atoms with Crippen molar-refractivity contribution in [3.63, 3.8) is 0 Å². The zero-order valence-corrected chi connectivity index (χ0v) is 19.9. The molecule has 4 aromatic rings. The standard InChI is InChI=1S/C26H25N5O2S/c1-16-19(18-12-21(26(33)31(2)14-18)29-24-10-11-27-15-28-24)7-5-8-20(16)30-25(32)23-13-17-6-3-4-9-22(17)34-23/h5,7-8,10-15H,3-4,6,9H2,1-2H3,(H,30,32)(H,27,28,29). The number of amides is 1. The maximum atomic E-state index is 13.0. The van der Waals surface area contributed by atoms with Crippen molar-refractivity contribution in [3.8, 4) is 11.1 Å². The Morgan fingerprint density at radius 3 is 2.76 bits per heavy atom. The van der Waals surface area contributed by atoms with Gasteiger partial charge < -0.3 is 15.2 Å². The van der Waals surface area contributed by atoms with Gasteiger partial charge in [0.2, 0.25) is 0 Å². The quantitative estimate of drug-likeness (QED) is 0.423. The summed E-state index contributed by atoms with van der Waals surface area (Å²) < 4.78 is 1.54. The molecule has 0 saturated carbocycles. The molecule has 3 heterocycles. The van der Waals surface area contributed by atoms with Crippen LogP contribution in [-0.2, 0) is 19.9 Å². The normalized spacial score (nSPS) is 12.8. The molecule has 34 heavy (non-hydrogen) atoms. The van der Waals surface area contributed by atoms with E-state index in [1.807, 2.05) is 37.3 Å². The second kappa shape index (κ2) is 9.23. The molecule has 3 aromatic heterocycles. The van der Waals surface area contributed by atoms with Gasteiger partial charge in [0.05, 0.1) is 4.88 Å². The minimum Gasteiger partial charge on any atom is -0.336 e. The first-order chi connectivity index (χ1) is 16.5. The third kappa shape index (κ3) is 4.36. The van der Waals surface area contributed by atoms with Crippen LogP contribution in [0.2, 0.25) is 0 Å². The van der Waals surface area contributed by atoms with Gasteiger partial charge >= 0.3 is 0 Å². The van der Waals surface area contributed by atoms with Crippen molar-refractivity contribution in [3.05, 3.63) is 86.4 Å². The van der Waals surface area contributed by atoms with Gasteiger partial charge in [-0.15, -0.1) is 11.3 Å². The van der Waals surface area contributed by atoms with Crippen LogP contribution in [0.4, 0.5) is 17.2 Å². The molecular formula is C26H25N5O2S. The van der Waals surface area contributed by atoms with Gasteiger partial charge in [-0.2, -0.15) is 0 Å². The number of fused-ring (bicyclic) bond motifs is 1. The largest absolute Gasteiger partial charge is 0.336 e. The molecule has 0 fully saturated rings. The van der Waals surface area contributed by atoms with Crippen LogP contribution in [0.5, 0.6) is 0 Å². The minimum atomic E-state index is -0.161. The summed E-state index contributed by atoms with van der Waals surface area (Å²) in [5, 5.41) is 6.18. The molecule has 1 aliphatic carbocycles. The molecule has 1 aromatic carbocycles. The summed E-state index contributed by atoms with van der Waals surface area (Å²) in [6.07, 6.45) is 9.37. The van der Waals surface area contributed by atoms with Gasteiger partial charge in [0.15, 0.2) is 0 Å². The number of hydrogen-bond acceptors (Lipinski definition) is 6. The predicted octanol–water partition coefficient (Wildman–Crippen LogP) is 5.09. The van der Waals surface area contributed by atoms with Crippen LogP contribution in [0.15, 0.2) is 59.9 Å². The fraction of sp³-hybridized carbons (Fsp3) is 0.231. The van der Waals surface area contributed by atoms with Crippen molar-refractivity contribution in [2.45, 2.75) is 32.6 Å². The summed E-state index contributed by atoms with van der Waals surface area (Å²) >= 11 is 1.61. The van der Waals surface area contributed by atoms with Gasteiger partial charge in [-0.1, -0.05) is 12.1 Å². The summed E-state index contributed by atoms with van der Waals surface area (Å²) in [5.74, 6) is 0.465. The number of carbonyl (C=O) groups is 1. The van der Waals surface area contributed by atoms with Crippen LogP contribution in [0.25, 0.3) is 11.1 Å². The number of aryl methyl sites for hydroxylation is 3. The topological polar surface area (TPSA) is 88.9 Å². The number of rotatable bonds is 5. The first-order valence-electron chi connectivity index (χ1n) is 11.3. The van der Waals surface area contributed by atoms with Crippen molar-refractivity contribution in [1.82, 2.24) is 14.5 Å². The summed E-state index contributed by atoms with van der Waals surface area (Å²) in [4.78, 5) is 35.9. The Hall–Kier alpha value is -3.78. The minimum absolute atomic E-state index is 0.0776. The lowest BCUT2D eigenvalue weighted by Gasteiger charge is -2.15. The molecule has 172 valence electrons. The molecule has 1 amide bonds. The van der Waals surface area contributed by atoms with E-state index >= 15 is 0 Å². The van der Waals surface area contributed by atoms with Gasteiger partial charge in [0.1, 0.15) is 17.8 Å². The van der Waals surface area contributed by atoms with E-state index in [2.05, 4.69) is 20.6 Å². The number of nitrogens with one attached hydrogen (secondary N) is 2. The summed E-state index contributed by atoms with van der Waals surface area (Å²) in [6.45, 7) is 1.98. The third-order valence-electron chi connectivity index (χ3n) is 6.14. The number of anilines is 3. The fourth-order valence-electron chi connectivity index (χ4n) is 4.32. The maximum absolute atomic E-state index is 13.0. The number of nitrogens with zero attached hydrogens (tertiary/aromatic N) is 3. The van der Waals surface area contributed by atoms with Gasteiger partial charge in [0, 0.05) is 35.6 Å². The second-order valence-electron chi connectivity index (χ2n) is 8.48. The number of aromatic nitrogens is 3. The Bertz CT molecular complexity index is 1400. The third-order valence-corrected chi connectivity index (χ3v) is 7.38. The molecule has 0 spiro atoms. The van der Waals surface area contributed by atoms with Gasteiger partial charge in [-0.25, -0.2) is 9.97 Å². The van der Waals surface area contributed by atoms with Crippen molar-refractivity contribution < 1.29 is 4.79 Å². The monoisotopic (exact) mass is 471 g/mol. The number of thiophene rings is 1. The zero-order valence-electron chi connectivity index (χ0n) is 19.1. The SMILES string of the molecule is Cc1c(NC(=O)c2cc3c(s2)CCCC3)cccc1-c1cc(Nc2ccncn2)c(=O)n(C)c1. The van der Waals surface area contributed by atoms with Crippen LogP contribution in [-0.4, -0.2) is 20.4 Å². The van der Waals surface area contributed by atoms with E-state index in [1.54, 1.807) is 41.4 Å². The van der Waals surface area contributed by atoms with E-state index in [4.69, 9.17) is 0 Å². The van der Waals surface area contributed by atoms with Crippen molar-refractivity contribution >= 4 is 34.4 Å². The fourth-order valence-corrected chi connectivity index (χ4v) is 5.47. The van der Waals surface area contributed by atoms with Crippen LogP contribution >= 0.6 is 11.3 Å². The highest BCUT2D eigenvalue weighted by atomic mass is 32.1. The second-order valence-corrected chi connectivity index (χ2v) is 9.61. The predicted molar refractivity (Wildman–Crippen MR) is 136 cm³/mol. The Morgan fingerprint density at radius 2 is 1.97 bits per heavy atom. The Balaban J connectivity index is 1.45. The Kier molecular flexibility index (Phi) is 5.98. The van der Waals surface area contributed by atoms with Gasteiger partial charge in [0.25, 0.3) is 11.5 Å². The lowest BCUT2D eigenvalue weighted by atomic mass is 9.99. The first kappa shape index (κ1) is 22.0. The number of pyridine rings is 1. The average Bonchev–Trinajstić information content (AvgIpc) is 3.28. The van der Waals surface area contributed by atoms with Crippen molar-refractivity contribution in [1.29, 1.82) is 0 Å². The van der Waals surface area contributed by atoms with E-state index in [9.17, 15) is 9.59 Å². The van der Waals surface area contributed by atoms with Gasteiger partial charge in [-0.05, 0) is 73.6 Å². The molecule has 1 aliphatic rings. The molecule has 2 N–H and O–H groups in total. The van der Waals surface area contributed by atoms with E-state index in [0.717, 1.165) is 40.1 Å². The van der Waals surface area contributed by atoms with E-state index in [-0.39, 0.29) is 11.5 Å². The van der Waals surface area contributed by atoms with E-state index in [1.165, 1.54) is 29.6 Å². The number of hydrogen-bond donors (Lipinski definition) is 2. The molecule has 5 rings (SSSR count). The highest BCUT2D eigenvalue weighted by molar-refractivity contribution is 7.14. The van der Waals surface area contributed by atoms with Crippen LogP contribution in [0, 0.1) is 6.92 Å². The molecule has 0 saturated heterocycles. The Labute approximate surface area is 201 Å². The number of carbonyl (C=O) groups excluding carboxylic acids is 1. The molecule has 8 heteroatoms. The molecule has 0 unspecified atom stereocenters. The van der Waals surface area contributed by atoms with Gasteiger partial charge in [-0.3, -0.25) is 9.59 Å². The first-order valence-corrected chi connectivity index (χ1v) is 12.1. The van der Waals surface area contributed by atoms with E-state index in [0.29, 0.717) is 11.5 Å². The molecule has 0 bridgehead atoms. The summed E-state index contributed by atoms with van der Waals surface area (Å²) in [5.41, 5.74) is 5.06. The Morgan fingerprint density at radius 1 is 1.12 bits per heavy atom. The summed E-state index contributed by atoms with van der Waals surface area (Å²) in [7, 11) is 1.72. The molecule has 7 nitrogen and oxygen atoms in total. The smallest absolute Gasteiger partial charge is 0.274 e. The zero-order chi connectivity index (χ0) is 23.7. The van der Waals surface area contributed by atoms with Crippen LogP contribution in [0.1, 0.15) is 38.5 Å². The van der Waals surface area contributed by atoms with Crippen molar-refractivity contribution in [2.75, 3.05) is 10.6 Å². The van der Waals surface area contributed by atoms with Crippen LogP contribution in [0.3, 0.4) is 0 Å². The molecular weight excluding hydrogens is 446 g/mol. The lowest BCUT2D eigenvalue weighted by Crippen LogP contribution is -2.19. The summed E-state index contributed by atoms with van der Waals surface area (Å²) in [6, 6.07) is 11.4. The highest BCUT2D eigenvalue weighted by Crippen LogP contribution is 2.32. The molecule has 0 radical (unpaired) electrons. The average molecular weight is 472 g/mol. The number of benzene rings is 1. The highest BCUT2D eigenvalue weighted by Gasteiger charge is 2.18. The van der Waals surface area contributed by atoms with E-state index < -0.39 is 0 Å². The molecule has 0 atom stereocenters.